The standard InChI is InChI=1S/C17H28N6O2S/c1-18-17(20-6-7-21-12-14-26(24,25)15-13-21)23-10-8-22(9-11-23)16-4-2-3-5-19-16/h2-5H,6-15H2,1H3,(H,18,20). The van der Waals surface area contributed by atoms with Crippen LogP contribution in [0.3, 0.4) is 0 Å². The molecule has 0 aromatic carbocycles. The lowest BCUT2D eigenvalue weighted by Crippen LogP contribution is -2.53. The predicted octanol–water partition coefficient (Wildman–Crippen LogP) is -0.491. The monoisotopic (exact) mass is 380 g/mol. The van der Waals surface area contributed by atoms with Crippen LogP contribution < -0.4 is 10.2 Å². The van der Waals surface area contributed by atoms with E-state index in [1.165, 1.54) is 0 Å². The Morgan fingerprint density at radius 2 is 1.88 bits per heavy atom. The highest BCUT2D eigenvalue weighted by molar-refractivity contribution is 7.91. The summed E-state index contributed by atoms with van der Waals surface area (Å²) in [6, 6.07) is 5.99. The van der Waals surface area contributed by atoms with Gasteiger partial charge in [0.25, 0.3) is 0 Å². The van der Waals surface area contributed by atoms with Crippen molar-refractivity contribution in [2.24, 2.45) is 4.99 Å². The summed E-state index contributed by atoms with van der Waals surface area (Å²) in [5.41, 5.74) is 0. The van der Waals surface area contributed by atoms with Crippen LogP contribution in [-0.4, -0.2) is 100 Å². The molecule has 0 radical (unpaired) electrons. The van der Waals surface area contributed by atoms with Crippen molar-refractivity contribution in [3.8, 4) is 0 Å². The van der Waals surface area contributed by atoms with Gasteiger partial charge < -0.3 is 15.1 Å². The Bertz CT molecular complexity index is 687. The Kier molecular flexibility index (Phi) is 6.31. The molecule has 2 aliphatic rings. The molecule has 1 aromatic heterocycles. The normalized spacial score (nSPS) is 21.7. The molecule has 2 aliphatic heterocycles. The summed E-state index contributed by atoms with van der Waals surface area (Å²) in [7, 11) is -1.00. The number of anilines is 1. The van der Waals surface area contributed by atoms with Gasteiger partial charge in [0.2, 0.25) is 0 Å². The maximum Gasteiger partial charge on any atom is 0.193 e. The van der Waals surface area contributed by atoms with Crippen molar-refractivity contribution in [2.45, 2.75) is 0 Å². The summed E-state index contributed by atoms with van der Waals surface area (Å²) >= 11 is 0. The highest BCUT2D eigenvalue weighted by Gasteiger charge is 2.22. The first-order chi connectivity index (χ1) is 12.6. The number of aliphatic imine (C=N–C) groups is 1. The van der Waals surface area contributed by atoms with E-state index in [-0.39, 0.29) is 11.5 Å². The molecular weight excluding hydrogens is 352 g/mol. The SMILES string of the molecule is CN=C(NCCN1CCS(=O)(=O)CC1)N1CCN(c2ccccn2)CC1. The summed E-state index contributed by atoms with van der Waals surface area (Å²) in [6.45, 7) is 6.51. The predicted molar refractivity (Wildman–Crippen MR) is 104 cm³/mol. The Morgan fingerprint density at radius 1 is 1.15 bits per heavy atom. The van der Waals surface area contributed by atoms with E-state index < -0.39 is 9.84 Å². The molecule has 2 fully saturated rings. The Balaban J connectivity index is 1.41. The van der Waals surface area contributed by atoms with Gasteiger partial charge in [-0.1, -0.05) is 6.07 Å². The van der Waals surface area contributed by atoms with E-state index in [4.69, 9.17) is 0 Å². The molecule has 1 N–H and O–H groups in total. The number of aromatic nitrogens is 1. The number of sulfone groups is 1. The van der Waals surface area contributed by atoms with Gasteiger partial charge in [0.1, 0.15) is 5.82 Å². The van der Waals surface area contributed by atoms with Gasteiger partial charge in [-0.2, -0.15) is 0 Å². The maximum absolute atomic E-state index is 11.5. The first-order valence-electron chi connectivity index (χ1n) is 9.12. The lowest BCUT2D eigenvalue weighted by molar-refractivity contribution is 0.296. The molecule has 0 saturated carbocycles. The Labute approximate surface area is 155 Å². The molecule has 3 heterocycles. The summed E-state index contributed by atoms with van der Waals surface area (Å²) in [5.74, 6) is 2.49. The molecule has 0 atom stereocenters. The summed E-state index contributed by atoms with van der Waals surface area (Å²) in [5, 5.41) is 3.41. The Morgan fingerprint density at radius 3 is 2.50 bits per heavy atom. The molecule has 8 nitrogen and oxygen atoms in total. The number of hydrogen-bond donors (Lipinski definition) is 1. The fraction of sp³-hybridized carbons (Fsp3) is 0.647. The van der Waals surface area contributed by atoms with Gasteiger partial charge in [-0.15, -0.1) is 0 Å². The fourth-order valence-corrected chi connectivity index (χ4v) is 4.60. The highest BCUT2D eigenvalue weighted by Crippen LogP contribution is 2.12. The van der Waals surface area contributed by atoms with Crippen molar-refractivity contribution >= 4 is 21.6 Å². The Hall–Kier alpha value is -1.87. The molecule has 0 spiro atoms. The van der Waals surface area contributed by atoms with E-state index in [0.717, 1.165) is 51.0 Å². The first-order valence-corrected chi connectivity index (χ1v) is 10.9. The van der Waals surface area contributed by atoms with Gasteiger partial charge in [-0.05, 0) is 12.1 Å². The summed E-state index contributed by atoms with van der Waals surface area (Å²) in [4.78, 5) is 15.6. The number of hydrogen-bond acceptors (Lipinski definition) is 6. The number of pyridine rings is 1. The molecule has 2 saturated heterocycles. The second-order valence-electron chi connectivity index (χ2n) is 6.63. The number of nitrogens with zero attached hydrogens (tertiary/aromatic N) is 5. The minimum absolute atomic E-state index is 0.275. The van der Waals surface area contributed by atoms with E-state index >= 15 is 0 Å². The second kappa shape index (κ2) is 8.68. The van der Waals surface area contributed by atoms with Gasteiger partial charge in [0, 0.05) is 65.6 Å². The number of rotatable bonds is 4. The van der Waals surface area contributed by atoms with Gasteiger partial charge in [-0.3, -0.25) is 9.89 Å². The number of piperazine rings is 1. The topological polar surface area (TPSA) is 81.1 Å². The zero-order chi connectivity index (χ0) is 18.4. The molecule has 0 bridgehead atoms. The van der Waals surface area contributed by atoms with Gasteiger partial charge in [-0.25, -0.2) is 13.4 Å². The zero-order valence-corrected chi connectivity index (χ0v) is 16.2. The van der Waals surface area contributed by atoms with Gasteiger partial charge in [0.05, 0.1) is 11.5 Å². The molecule has 0 amide bonds. The van der Waals surface area contributed by atoms with E-state index in [9.17, 15) is 8.42 Å². The molecule has 0 aliphatic carbocycles. The lowest BCUT2D eigenvalue weighted by atomic mass is 10.3. The third-order valence-electron chi connectivity index (χ3n) is 4.91. The molecule has 26 heavy (non-hydrogen) atoms. The minimum Gasteiger partial charge on any atom is -0.355 e. The number of nitrogens with one attached hydrogen (secondary N) is 1. The summed E-state index contributed by atoms with van der Waals surface area (Å²) < 4.78 is 23.0. The van der Waals surface area contributed by atoms with E-state index in [1.54, 1.807) is 7.05 Å². The van der Waals surface area contributed by atoms with Crippen LogP contribution in [-0.2, 0) is 9.84 Å². The van der Waals surface area contributed by atoms with Crippen LogP contribution in [0.5, 0.6) is 0 Å². The van der Waals surface area contributed by atoms with Gasteiger partial charge >= 0.3 is 0 Å². The molecule has 1 aromatic rings. The quantitative estimate of drug-likeness (QED) is 0.558. The van der Waals surface area contributed by atoms with Gasteiger partial charge in [0.15, 0.2) is 15.8 Å². The molecule has 3 rings (SSSR count). The van der Waals surface area contributed by atoms with E-state index in [2.05, 4.69) is 30.0 Å². The highest BCUT2D eigenvalue weighted by atomic mass is 32.2. The van der Waals surface area contributed by atoms with Crippen molar-refractivity contribution in [3.05, 3.63) is 24.4 Å². The summed E-state index contributed by atoms with van der Waals surface area (Å²) in [6.07, 6.45) is 1.83. The van der Waals surface area contributed by atoms with Crippen LogP contribution in [0.4, 0.5) is 5.82 Å². The third kappa shape index (κ3) is 5.07. The average molecular weight is 381 g/mol. The first kappa shape index (κ1) is 18.9. The minimum atomic E-state index is -2.81. The lowest BCUT2D eigenvalue weighted by Gasteiger charge is -2.37. The average Bonchev–Trinajstić information content (AvgIpc) is 2.67. The molecule has 144 valence electrons. The van der Waals surface area contributed by atoms with Crippen LogP contribution in [0.15, 0.2) is 29.4 Å². The van der Waals surface area contributed by atoms with Crippen molar-refractivity contribution < 1.29 is 8.42 Å². The van der Waals surface area contributed by atoms with Crippen LogP contribution in [0.25, 0.3) is 0 Å². The fourth-order valence-electron chi connectivity index (χ4n) is 3.32. The van der Waals surface area contributed by atoms with Crippen molar-refractivity contribution in [1.29, 1.82) is 0 Å². The van der Waals surface area contributed by atoms with E-state index in [0.29, 0.717) is 13.1 Å². The van der Waals surface area contributed by atoms with Crippen LogP contribution >= 0.6 is 0 Å². The largest absolute Gasteiger partial charge is 0.355 e. The number of guanidine groups is 1. The van der Waals surface area contributed by atoms with Crippen molar-refractivity contribution in [2.75, 3.05) is 75.8 Å². The maximum atomic E-state index is 11.5. The van der Waals surface area contributed by atoms with Crippen LogP contribution in [0.2, 0.25) is 0 Å². The third-order valence-corrected chi connectivity index (χ3v) is 6.52. The molecular formula is C17H28N6O2S. The van der Waals surface area contributed by atoms with Crippen LogP contribution in [0.1, 0.15) is 0 Å². The van der Waals surface area contributed by atoms with E-state index in [1.807, 2.05) is 24.4 Å². The molecule has 0 unspecified atom stereocenters. The smallest absolute Gasteiger partial charge is 0.193 e. The van der Waals surface area contributed by atoms with Crippen LogP contribution in [0, 0.1) is 0 Å². The second-order valence-corrected chi connectivity index (χ2v) is 8.93. The van der Waals surface area contributed by atoms with Crippen molar-refractivity contribution in [3.63, 3.8) is 0 Å². The molecule has 9 heteroatoms. The van der Waals surface area contributed by atoms with Crippen molar-refractivity contribution in [1.82, 2.24) is 20.1 Å². The zero-order valence-electron chi connectivity index (χ0n) is 15.3.